The largest absolute Gasteiger partial charge is 0.369 e. The molecule has 648 valence electrons. The summed E-state index contributed by atoms with van der Waals surface area (Å²) in [5.74, 6) is 5.09. The third kappa shape index (κ3) is 19.5. The molecule has 3 aliphatic rings. The van der Waals surface area contributed by atoms with Crippen LogP contribution in [0.2, 0.25) is 0 Å². The van der Waals surface area contributed by atoms with Crippen molar-refractivity contribution in [1.29, 1.82) is 0 Å². The lowest BCUT2D eigenvalue weighted by atomic mass is 9.93. The number of carbonyl (C=O) groups is 3. The highest BCUT2D eigenvalue weighted by molar-refractivity contribution is 7.88. The van der Waals surface area contributed by atoms with Gasteiger partial charge in [-0.15, -0.1) is 0 Å². The van der Waals surface area contributed by atoms with Crippen molar-refractivity contribution in [3.8, 4) is 33.8 Å². The highest BCUT2D eigenvalue weighted by Gasteiger charge is 2.52. The molecule has 18 rings (SSSR count). The maximum Gasteiger partial charge on any atom is 0.211 e. The van der Waals surface area contributed by atoms with Gasteiger partial charge in [-0.25, -0.2) is 46.7 Å². The van der Waals surface area contributed by atoms with E-state index in [-0.39, 0.29) is 63.9 Å². The minimum Gasteiger partial charge on any atom is -0.369 e. The van der Waals surface area contributed by atoms with Gasteiger partial charge in [0.1, 0.15) is 66.6 Å². The van der Waals surface area contributed by atoms with Gasteiger partial charge in [0.05, 0.1) is 93.6 Å². The third-order valence-corrected chi connectivity index (χ3v) is 29.4. The van der Waals surface area contributed by atoms with E-state index in [2.05, 4.69) is 97.3 Å². The molecule has 0 unspecified atom stereocenters. The van der Waals surface area contributed by atoms with Crippen molar-refractivity contribution in [3.05, 3.63) is 197 Å². The van der Waals surface area contributed by atoms with Crippen molar-refractivity contribution in [3.63, 3.8) is 0 Å². The zero-order valence-electron chi connectivity index (χ0n) is 72.7. The second-order valence-corrected chi connectivity index (χ2v) is 43.9. The highest BCUT2D eigenvalue weighted by atomic mass is 32.2. The molecule has 0 bridgehead atoms. The second kappa shape index (κ2) is 33.6. The molecule has 15 aromatic rings. The van der Waals surface area contributed by atoms with E-state index in [0.29, 0.717) is 60.7 Å². The average molecular weight is 1770 g/mol. The van der Waals surface area contributed by atoms with Gasteiger partial charge in [-0.1, -0.05) is 198 Å². The van der Waals surface area contributed by atoms with Gasteiger partial charge in [-0.3, -0.25) is 27.6 Å². The Balaban J connectivity index is 0.000000138. The summed E-state index contributed by atoms with van der Waals surface area (Å²) in [5, 5.41) is 19.1. The number of nitrogens with zero attached hydrogens (tertiary/aromatic N) is 15. The summed E-state index contributed by atoms with van der Waals surface area (Å²) in [5.41, 5.74) is 12.8. The van der Waals surface area contributed by atoms with Crippen LogP contribution in [0.25, 0.3) is 79.7 Å². The van der Waals surface area contributed by atoms with Crippen LogP contribution in [-0.2, 0) is 89.2 Å². The first-order chi connectivity index (χ1) is 58.7. The van der Waals surface area contributed by atoms with Crippen molar-refractivity contribution in [2.75, 3.05) is 68.8 Å². The Labute approximate surface area is 733 Å². The lowest BCUT2D eigenvalue weighted by molar-refractivity contribution is -0.118. The minimum atomic E-state index is -3.26. The Morgan fingerprint density at radius 1 is 0.435 bits per heavy atom. The molecular formula is C92H105N17O10S5. The quantitative estimate of drug-likeness (QED) is 0.0422. The summed E-state index contributed by atoms with van der Waals surface area (Å²) in [6, 6.07) is 41.7. The number of carbonyl (C=O) groups excluding carboxylic acids is 3. The topological polar surface area (TPSA) is 322 Å². The normalized spacial score (nSPS) is 15.0. The zero-order chi connectivity index (χ0) is 87.8. The Bertz CT molecular complexity index is 6730. The van der Waals surface area contributed by atoms with Gasteiger partial charge >= 0.3 is 0 Å². The summed E-state index contributed by atoms with van der Waals surface area (Å²) < 4.78 is 73.7. The van der Waals surface area contributed by atoms with Crippen LogP contribution in [0.15, 0.2) is 160 Å². The van der Waals surface area contributed by atoms with Crippen LogP contribution >= 0.6 is 34.0 Å². The molecule has 0 radical (unpaired) electrons. The fraction of sp³-hybridized carbons (Fsp3) is 0.413. The Hall–Kier alpha value is -10.7. The molecule has 3 aliphatic carbocycles. The van der Waals surface area contributed by atoms with Crippen LogP contribution in [0.4, 0.5) is 17.5 Å². The molecule has 3 saturated carbocycles. The predicted molar refractivity (Wildman–Crippen MR) is 490 cm³/mol. The predicted octanol–water partition coefficient (Wildman–Crippen LogP) is 17.4. The first-order valence-corrected chi connectivity index (χ1v) is 48.0. The van der Waals surface area contributed by atoms with Gasteiger partial charge in [0, 0.05) is 130 Å². The van der Waals surface area contributed by atoms with Crippen molar-refractivity contribution in [1.82, 2.24) is 67.2 Å². The molecule has 3 aromatic carbocycles. The van der Waals surface area contributed by atoms with Gasteiger partial charge in [-0.05, 0) is 103 Å². The number of fused-ring (bicyclic) bond motifs is 9. The smallest absolute Gasteiger partial charge is 0.211 e. The number of Topliss-reactive ketones (excluding diaryl/α,β-unsaturated/α-hetero) is 3. The van der Waals surface area contributed by atoms with Crippen molar-refractivity contribution in [2.45, 2.75) is 186 Å². The summed E-state index contributed by atoms with van der Waals surface area (Å²) in [6.45, 7) is 22.9. The standard InChI is InChI=1S/C31H36N6O4S2.C31H35N5O2S.C30H34N6O4S2/c1-30(2,3)26-17-22(34-41-26)16-23(38)15-20-7-9-21(10-8-20)24-18-37-25-11-12-27(33-28(25)42-29(37)32-24)35(4)19-31(13-14-31)36(5)43(6,39)40;1-5-12-31(13-14-31)19-32-27-11-10-25-28(34-27)39-29-33-24(18-36(25)29)21-8-6-20(7-9-21)15-23(37)16-22-17-26(38-35-22)30(2,3)4;1-29(2,3)25-16-21(34-40-25)15-22(37)14-19-6-8-20(9-7-19)23-17-36-24-10-11-26(33-27(24)41-28(36)32-23)31-18-30(12-13-30)35(4)42(5,38)39/h7-12,17-18H,13-16,19H2,1-6H3;6-11,17-18H,5,12-16,19H2,1-4H3,(H,32,34);6-11,16-17H,12-15,18H2,1-5H3,(H,31,33). The first kappa shape index (κ1) is 86.8. The zero-order valence-corrected chi connectivity index (χ0v) is 76.8. The molecule has 3 fully saturated rings. The number of aromatic nitrogens is 12. The Morgan fingerprint density at radius 2 is 0.774 bits per heavy atom. The maximum atomic E-state index is 12.7. The van der Waals surface area contributed by atoms with Crippen LogP contribution in [0.3, 0.4) is 0 Å². The van der Waals surface area contributed by atoms with E-state index < -0.39 is 20.0 Å². The number of nitrogens with one attached hydrogen (secondary N) is 2. The van der Waals surface area contributed by atoms with Crippen LogP contribution < -0.4 is 15.5 Å². The van der Waals surface area contributed by atoms with Gasteiger partial charge in [0.25, 0.3) is 0 Å². The molecule has 12 aromatic heterocycles. The molecule has 12 heterocycles. The number of imidazole rings is 3. The van der Waals surface area contributed by atoms with Gasteiger partial charge in [-0.2, -0.15) is 8.61 Å². The molecule has 2 N–H and O–H groups in total. The van der Waals surface area contributed by atoms with Crippen LogP contribution in [0.1, 0.15) is 172 Å². The molecular weight excluding hydrogens is 1660 g/mol. The van der Waals surface area contributed by atoms with Gasteiger partial charge < -0.3 is 29.1 Å². The number of likely N-dealkylation sites (N-methyl/N-ethyl adjacent to an activating group) is 3. The van der Waals surface area contributed by atoms with Gasteiger partial charge in [0.2, 0.25) is 20.0 Å². The lowest BCUT2D eigenvalue weighted by Gasteiger charge is -2.30. The number of ketones is 3. The number of thiazole rings is 3. The Kier molecular flexibility index (Phi) is 23.5. The number of hydrogen-bond donors (Lipinski definition) is 2. The highest BCUT2D eigenvalue weighted by Crippen LogP contribution is 2.50. The van der Waals surface area contributed by atoms with E-state index in [1.165, 1.54) is 69.5 Å². The van der Waals surface area contributed by atoms with Crippen molar-refractivity contribution >= 4 is 135 Å². The SMILES string of the molecule is CCCC1(CNc2ccc3c(n2)sc2nc(-c4ccc(CC(=O)Cc5cc(C(C)(C)C)on5)cc4)cn23)CC1.CN(C1(CNc2ccc3c(n2)sc2nc(-c4ccc(CC(=O)Cc5cc(C(C)(C)C)on5)cc4)cn23)CC1)S(C)(=O)=O.CN(CC1(N(C)S(C)(=O)=O)CC1)c1ccc2c(n1)sc1nc(-c3ccc(CC(=O)Cc4cc(C(C)(C)C)on4)cc3)cn12. The van der Waals surface area contributed by atoms with E-state index in [1.54, 1.807) is 25.4 Å². The minimum absolute atomic E-state index is 0.0848. The van der Waals surface area contributed by atoms with E-state index in [1.807, 2.05) is 169 Å². The maximum absolute atomic E-state index is 12.7. The summed E-state index contributed by atoms with van der Waals surface area (Å²) in [6.07, 6.45) is 18.9. The lowest BCUT2D eigenvalue weighted by Crippen LogP contribution is -2.45. The van der Waals surface area contributed by atoms with E-state index in [4.69, 9.17) is 43.5 Å². The summed E-state index contributed by atoms with van der Waals surface area (Å²) in [4.78, 5) is 74.4. The van der Waals surface area contributed by atoms with Crippen molar-refractivity contribution in [2.24, 2.45) is 5.41 Å². The monoisotopic (exact) mass is 1770 g/mol. The molecule has 27 nitrogen and oxygen atoms in total. The number of pyridine rings is 3. The first-order valence-electron chi connectivity index (χ1n) is 41.9. The number of benzene rings is 3. The molecule has 0 spiro atoms. The molecule has 0 aliphatic heterocycles. The number of rotatable bonds is 30. The van der Waals surface area contributed by atoms with E-state index in [0.717, 1.165) is 158 Å². The van der Waals surface area contributed by atoms with Crippen LogP contribution in [0.5, 0.6) is 0 Å². The van der Waals surface area contributed by atoms with Crippen molar-refractivity contribution < 1.29 is 44.8 Å². The molecule has 32 heteroatoms. The number of hydrogen-bond acceptors (Lipinski definition) is 25. The molecule has 0 saturated heterocycles. The fourth-order valence-corrected chi connectivity index (χ4v) is 20.4. The molecule has 0 amide bonds. The summed E-state index contributed by atoms with van der Waals surface area (Å²) >= 11 is 4.63. The molecule has 124 heavy (non-hydrogen) atoms. The Morgan fingerprint density at radius 3 is 1.10 bits per heavy atom. The van der Waals surface area contributed by atoms with Gasteiger partial charge in [0.15, 0.2) is 14.9 Å². The summed E-state index contributed by atoms with van der Waals surface area (Å²) in [7, 11) is -1.26. The third-order valence-electron chi connectivity index (χ3n) is 23.7. The molecule has 0 atom stereocenters. The average Bonchev–Trinajstić information content (AvgIpc) is 1.59. The van der Waals surface area contributed by atoms with Crippen LogP contribution in [0, 0.1) is 5.41 Å². The fourth-order valence-electron chi connectivity index (χ4n) is 15.5. The number of sulfonamides is 2. The number of anilines is 3. The van der Waals surface area contributed by atoms with E-state index in [9.17, 15) is 31.2 Å². The van der Waals surface area contributed by atoms with E-state index >= 15 is 0 Å². The second-order valence-electron chi connectivity index (χ2n) is 37.0. The van der Waals surface area contributed by atoms with Crippen LogP contribution in [-0.4, -0.2) is 166 Å².